The molecule has 1 aliphatic carbocycles. The van der Waals surface area contributed by atoms with Crippen LogP contribution in [0.3, 0.4) is 0 Å². The normalized spacial score (nSPS) is 16.8. The van der Waals surface area contributed by atoms with Gasteiger partial charge in [0.25, 0.3) is 0 Å². The van der Waals surface area contributed by atoms with Crippen molar-refractivity contribution in [1.82, 2.24) is 15.3 Å². The van der Waals surface area contributed by atoms with E-state index in [0.29, 0.717) is 18.4 Å². The zero-order chi connectivity index (χ0) is 13.7. The molecule has 1 saturated carbocycles. The molecule has 106 valence electrons. The van der Waals surface area contributed by atoms with Crippen molar-refractivity contribution in [2.24, 2.45) is 0 Å². The van der Waals surface area contributed by atoms with Crippen molar-refractivity contribution in [3.8, 4) is 0 Å². The SMILES string of the molecule is FC(F)(F)c1cnc(NCCNC2CCCC2)cn1. The van der Waals surface area contributed by atoms with Crippen LogP contribution in [0.15, 0.2) is 12.4 Å². The summed E-state index contributed by atoms with van der Waals surface area (Å²) < 4.78 is 36.8. The Morgan fingerprint density at radius 2 is 1.84 bits per heavy atom. The molecule has 2 rings (SSSR count). The van der Waals surface area contributed by atoms with Crippen LogP contribution in [0.4, 0.5) is 19.0 Å². The van der Waals surface area contributed by atoms with Crippen LogP contribution in [-0.4, -0.2) is 29.1 Å². The first-order chi connectivity index (χ1) is 9.05. The summed E-state index contributed by atoms with van der Waals surface area (Å²) in [5.74, 6) is 0.362. The molecule has 7 heteroatoms. The van der Waals surface area contributed by atoms with E-state index in [4.69, 9.17) is 0 Å². The lowest BCUT2D eigenvalue weighted by atomic mass is 10.2. The van der Waals surface area contributed by atoms with Gasteiger partial charge < -0.3 is 10.6 Å². The summed E-state index contributed by atoms with van der Waals surface area (Å²) in [7, 11) is 0. The Balaban J connectivity index is 1.71. The topological polar surface area (TPSA) is 49.8 Å². The molecule has 1 aliphatic rings. The Labute approximate surface area is 109 Å². The van der Waals surface area contributed by atoms with Crippen molar-refractivity contribution in [3.63, 3.8) is 0 Å². The van der Waals surface area contributed by atoms with Gasteiger partial charge in [0.2, 0.25) is 0 Å². The van der Waals surface area contributed by atoms with Gasteiger partial charge >= 0.3 is 6.18 Å². The molecule has 19 heavy (non-hydrogen) atoms. The van der Waals surface area contributed by atoms with E-state index >= 15 is 0 Å². The third-order valence-corrected chi connectivity index (χ3v) is 3.16. The van der Waals surface area contributed by atoms with Gasteiger partial charge in [-0.1, -0.05) is 12.8 Å². The van der Waals surface area contributed by atoms with E-state index in [1.807, 2.05) is 0 Å². The zero-order valence-corrected chi connectivity index (χ0v) is 10.5. The molecule has 1 fully saturated rings. The van der Waals surface area contributed by atoms with Gasteiger partial charge in [-0.2, -0.15) is 13.2 Å². The molecule has 0 unspecified atom stereocenters. The summed E-state index contributed by atoms with van der Waals surface area (Å²) in [6.45, 7) is 1.39. The number of aromatic nitrogens is 2. The first-order valence-corrected chi connectivity index (χ1v) is 6.42. The van der Waals surface area contributed by atoms with Crippen molar-refractivity contribution in [2.75, 3.05) is 18.4 Å². The van der Waals surface area contributed by atoms with Gasteiger partial charge in [0, 0.05) is 19.1 Å². The summed E-state index contributed by atoms with van der Waals surface area (Å²) in [6.07, 6.45) is 2.38. The van der Waals surface area contributed by atoms with E-state index < -0.39 is 11.9 Å². The lowest BCUT2D eigenvalue weighted by Gasteiger charge is -2.12. The van der Waals surface area contributed by atoms with E-state index in [1.54, 1.807) is 0 Å². The van der Waals surface area contributed by atoms with Crippen LogP contribution in [0.2, 0.25) is 0 Å². The zero-order valence-electron chi connectivity index (χ0n) is 10.5. The fraction of sp³-hybridized carbons (Fsp3) is 0.667. The van der Waals surface area contributed by atoms with Gasteiger partial charge in [-0.25, -0.2) is 9.97 Å². The van der Waals surface area contributed by atoms with E-state index in [-0.39, 0.29) is 0 Å². The molecule has 0 amide bonds. The number of halogens is 3. The van der Waals surface area contributed by atoms with Crippen LogP contribution >= 0.6 is 0 Å². The van der Waals surface area contributed by atoms with Crippen molar-refractivity contribution in [3.05, 3.63) is 18.1 Å². The monoisotopic (exact) mass is 274 g/mol. The van der Waals surface area contributed by atoms with Gasteiger partial charge in [0.15, 0.2) is 5.69 Å². The lowest BCUT2D eigenvalue weighted by molar-refractivity contribution is -0.141. The number of hydrogen-bond acceptors (Lipinski definition) is 4. The predicted octanol–water partition coefficient (Wildman–Crippen LogP) is 2.44. The molecule has 0 atom stereocenters. The minimum atomic E-state index is -4.43. The molecule has 4 nitrogen and oxygen atoms in total. The highest BCUT2D eigenvalue weighted by Gasteiger charge is 2.32. The maximum absolute atomic E-state index is 12.3. The molecule has 2 N–H and O–H groups in total. The second-order valence-electron chi connectivity index (χ2n) is 4.65. The van der Waals surface area contributed by atoms with Crippen LogP contribution in [0.1, 0.15) is 31.4 Å². The van der Waals surface area contributed by atoms with Crippen LogP contribution in [0.5, 0.6) is 0 Å². The van der Waals surface area contributed by atoms with E-state index in [2.05, 4.69) is 20.6 Å². The molecule has 0 aliphatic heterocycles. The Bertz CT molecular complexity index is 385. The average molecular weight is 274 g/mol. The quantitative estimate of drug-likeness (QED) is 0.810. The summed E-state index contributed by atoms with van der Waals surface area (Å²) in [4.78, 5) is 7.03. The van der Waals surface area contributed by atoms with Crippen LogP contribution in [0.25, 0.3) is 0 Å². The smallest absolute Gasteiger partial charge is 0.368 e. The lowest BCUT2D eigenvalue weighted by Crippen LogP contribution is -2.30. The van der Waals surface area contributed by atoms with Crippen molar-refractivity contribution >= 4 is 5.82 Å². The molecule has 0 saturated heterocycles. The summed E-state index contributed by atoms with van der Waals surface area (Å²) in [5, 5.41) is 6.34. The van der Waals surface area contributed by atoms with Crippen molar-refractivity contribution in [1.29, 1.82) is 0 Å². The fourth-order valence-electron chi connectivity index (χ4n) is 2.16. The highest BCUT2D eigenvalue weighted by Crippen LogP contribution is 2.26. The van der Waals surface area contributed by atoms with E-state index in [1.165, 1.54) is 25.7 Å². The molecule has 1 aromatic rings. The molecule has 0 spiro atoms. The number of nitrogens with zero attached hydrogens (tertiary/aromatic N) is 2. The Morgan fingerprint density at radius 3 is 2.42 bits per heavy atom. The molecule has 0 bridgehead atoms. The van der Waals surface area contributed by atoms with E-state index in [9.17, 15) is 13.2 Å². The van der Waals surface area contributed by atoms with Crippen LogP contribution in [-0.2, 0) is 6.18 Å². The molecule has 1 aromatic heterocycles. The van der Waals surface area contributed by atoms with Gasteiger partial charge in [-0.05, 0) is 12.8 Å². The number of rotatable bonds is 5. The minimum absolute atomic E-state index is 0.362. The standard InChI is InChI=1S/C12H17F3N4/c13-12(14,15)10-7-19-11(8-18-10)17-6-5-16-9-3-1-2-4-9/h7-9,16H,1-6H2,(H,17,19). The minimum Gasteiger partial charge on any atom is -0.368 e. The maximum Gasteiger partial charge on any atom is 0.434 e. The maximum atomic E-state index is 12.3. The number of alkyl halides is 3. The van der Waals surface area contributed by atoms with Gasteiger partial charge in [0.1, 0.15) is 5.82 Å². The molecular formula is C12H17F3N4. The van der Waals surface area contributed by atoms with Crippen LogP contribution in [0, 0.1) is 0 Å². The predicted molar refractivity (Wildman–Crippen MR) is 65.8 cm³/mol. The Hall–Kier alpha value is -1.37. The second-order valence-corrected chi connectivity index (χ2v) is 4.65. The Morgan fingerprint density at radius 1 is 1.11 bits per heavy atom. The summed E-state index contributed by atoms with van der Waals surface area (Å²) >= 11 is 0. The van der Waals surface area contributed by atoms with Gasteiger partial charge in [-0.3, -0.25) is 0 Å². The number of hydrogen-bond donors (Lipinski definition) is 2. The first-order valence-electron chi connectivity index (χ1n) is 6.42. The Kier molecular flexibility index (Phi) is 4.57. The van der Waals surface area contributed by atoms with Gasteiger partial charge in [0.05, 0.1) is 12.4 Å². The van der Waals surface area contributed by atoms with Gasteiger partial charge in [-0.15, -0.1) is 0 Å². The first kappa shape index (κ1) is 14.0. The van der Waals surface area contributed by atoms with Crippen molar-refractivity contribution in [2.45, 2.75) is 37.9 Å². The largest absolute Gasteiger partial charge is 0.434 e. The highest BCUT2D eigenvalue weighted by molar-refractivity contribution is 5.31. The van der Waals surface area contributed by atoms with Crippen molar-refractivity contribution < 1.29 is 13.2 Å². The fourth-order valence-corrected chi connectivity index (χ4v) is 2.16. The molecule has 1 heterocycles. The third kappa shape index (κ3) is 4.34. The average Bonchev–Trinajstić information content (AvgIpc) is 2.87. The summed E-state index contributed by atoms with van der Waals surface area (Å²) in [5.41, 5.74) is -0.970. The number of anilines is 1. The highest BCUT2D eigenvalue weighted by atomic mass is 19.4. The summed E-state index contributed by atoms with van der Waals surface area (Å²) in [6, 6.07) is 0.584. The molecule has 0 aromatic carbocycles. The van der Waals surface area contributed by atoms with Crippen LogP contribution < -0.4 is 10.6 Å². The molecular weight excluding hydrogens is 257 g/mol. The third-order valence-electron chi connectivity index (χ3n) is 3.16. The molecule has 0 radical (unpaired) electrons. The number of nitrogens with one attached hydrogen (secondary N) is 2. The van der Waals surface area contributed by atoms with E-state index in [0.717, 1.165) is 18.9 Å². The second kappa shape index (κ2) is 6.18.